The molecule has 0 unspecified atom stereocenters. The van der Waals surface area contributed by atoms with Gasteiger partial charge in [0.25, 0.3) is 0 Å². The minimum Gasteiger partial charge on any atom is -0.318 e. The molecule has 1 nitrogen and oxygen atoms in total. The van der Waals surface area contributed by atoms with Crippen LogP contribution in [0.25, 0.3) is 6.08 Å². The standard InChI is InChI=1S/C10H8O.Y/c1-9(11)7-8-10-5-3-2-4-6-10;/h2-5,8H,1H3;/q-2;. The predicted octanol–water partition coefficient (Wildman–Crippen LogP) is 1.89. The average Bonchev–Trinajstić information content (AvgIpc) is 2.03. The van der Waals surface area contributed by atoms with Crippen LogP contribution in [0, 0.1) is 12.1 Å². The summed E-state index contributed by atoms with van der Waals surface area (Å²) in [6.45, 7) is 1.47. The first-order valence-electron chi connectivity index (χ1n) is 3.36. The summed E-state index contributed by atoms with van der Waals surface area (Å²) < 4.78 is 0. The number of hydrogen-bond donors (Lipinski definition) is 0. The van der Waals surface area contributed by atoms with Crippen molar-refractivity contribution in [3.63, 3.8) is 0 Å². The molecule has 0 N–H and O–H groups in total. The molecule has 0 spiro atoms. The quantitative estimate of drug-likeness (QED) is 0.563. The summed E-state index contributed by atoms with van der Waals surface area (Å²) in [5, 5.41) is 0. The molecular formula is C10H8OY-2. The number of Topliss-reactive ketones (excluding diaryl/α,β-unsaturated/α-hetero) is 1. The van der Waals surface area contributed by atoms with Crippen molar-refractivity contribution in [3.05, 3.63) is 42.0 Å². The van der Waals surface area contributed by atoms with Gasteiger partial charge in [-0.05, 0) is 6.92 Å². The van der Waals surface area contributed by atoms with Crippen molar-refractivity contribution in [2.75, 3.05) is 0 Å². The van der Waals surface area contributed by atoms with E-state index in [1.54, 1.807) is 12.1 Å². The van der Waals surface area contributed by atoms with Crippen molar-refractivity contribution in [2.24, 2.45) is 0 Å². The molecule has 0 aliphatic rings. The van der Waals surface area contributed by atoms with E-state index >= 15 is 0 Å². The van der Waals surface area contributed by atoms with Gasteiger partial charge in [-0.25, -0.2) is 12.1 Å². The summed E-state index contributed by atoms with van der Waals surface area (Å²) >= 11 is 0. The van der Waals surface area contributed by atoms with Crippen LogP contribution >= 0.6 is 0 Å². The largest absolute Gasteiger partial charge is 0.318 e. The molecule has 0 amide bonds. The van der Waals surface area contributed by atoms with E-state index in [2.05, 4.69) is 12.1 Å². The number of ketones is 1. The second kappa shape index (κ2) is 6.27. The number of carbonyl (C=O) groups is 1. The fourth-order valence-electron chi connectivity index (χ4n) is 0.676. The van der Waals surface area contributed by atoms with Gasteiger partial charge in [0, 0.05) is 32.7 Å². The van der Waals surface area contributed by atoms with E-state index in [0.29, 0.717) is 0 Å². The second-order valence-corrected chi connectivity index (χ2v) is 2.16. The van der Waals surface area contributed by atoms with Gasteiger partial charge in [-0.15, -0.1) is 6.07 Å². The van der Waals surface area contributed by atoms with Gasteiger partial charge in [0.2, 0.25) is 0 Å². The van der Waals surface area contributed by atoms with E-state index in [1.807, 2.05) is 18.2 Å². The Morgan fingerprint density at radius 1 is 1.58 bits per heavy atom. The molecule has 0 heterocycles. The van der Waals surface area contributed by atoms with Gasteiger partial charge in [-0.3, -0.25) is 6.08 Å². The van der Waals surface area contributed by atoms with Crippen molar-refractivity contribution in [3.8, 4) is 0 Å². The Balaban J connectivity index is 0.00000121. The van der Waals surface area contributed by atoms with Crippen LogP contribution in [0.5, 0.6) is 0 Å². The van der Waals surface area contributed by atoms with Crippen molar-refractivity contribution in [2.45, 2.75) is 6.92 Å². The van der Waals surface area contributed by atoms with E-state index in [-0.39, 0.29) is 38.5 Å². The third kappa shape index (κ3) is 4.58. The normalized spacial score (nSPS) is 9.42. The SMILES string of the molecule is CC(=O)[C-]=Cc1[c-]cccc1.[Y]. The van der Waals surface area contributed by atoms with Crippen LogP contribution in [-0.2, 0) is 37.5 Å². The van der Waals surface area contributed by atoms with E-state index in [0.717, 1.165) is 5.56 Å². The van der Waals surface area contributed by atoms with E-state index in [4.69, 9.17) is 0 Å². The Labute approximate surface area is 97.7 Å². The van der Waals surface area contributed by atoms with Crippen LogP contribution in [0.3, 0.4) is 0 Å². The molecule has 0 bridgehead atoms. The smallest absolute Gasteiger partial charge is 0.0543 e. The molecule has 0 aliphatic carbocycles. The predicted molar refractivity (Wildman–Crippen MR) is 43.7 cm³/mol. The molecule has 0 saturated heterocycles. The summed E-state index contributed by atoms with van der Waals surface area (Å²) in [7, 11) is 0. The molecule has 12 heavy (non-hydrogen) atoms. The van der Waals surface area contributed by atoms with E-state index < -0.39 is 0 Å². The zero-order valence-electron chi connectivity index (χ0n) is 6.87. The summed E-state index contributed by atoms with van der Waals surface area (Å²) in [6, 6.07) is 10.4. The maximum absolute atomic E-state index is 10.5. The van der Waals surface area contributed by atoms with Crippen molar-refractivity contribution in [1.29, 1.82) is 0 Å². The van der Waals surface area contributed by atoms with Gasteiger partial charge in [-0.2, -0.15) is 12.1 Å². The molecule has 1 aromatic carbocycles. The third-order valence-corrected chi connectivity index (χ3v) is 1.16. The zero-order chi connectivity index (χ0) is 8.10. The Kier molecular flexibility index (Phi) is 6.13. The first kappa shape index (κ1) is 11.7. The Morgan fingerprint density at radius 2 is 2.33 bits per heavy atom. The number of carbonyl (C=O) groups excluding carboxylic acids is 1. The molecule has 1 aromatic rings. The molecule has 0 fully saturated rings. The Bertz CT molecular complexity index is 264. The van der Waals surface area contributed by atoms with Gasteiger partial charge < -0.3 is 16.4 Å². The minimum atomic E-state index is -0.0674. The number of allylic oxidation sites excluding steroid dienone is 1. The maximum atomic E-state index is 10.5. The summed E-state index contributed by atoms with van der Waals surface area (Å²) in [5.41, 5.74) is 0.878. The third-order valence-electron chi connectivity index (χ3n) is 1.16. The van der Waals surface area contributed by atoms with Crippen molar-refractivity contribution < 1.29 is 37.5 Å². The topological polar surface area (TPSA) is 17.1 Å². The number of rotatable bonds is 2. The molecule has 2 heteroatoms. The molecular weight excluding hydrogens is 225 g/mol. The molecule has 0 aliphatic heterocycles. The van der Waals surface area contributed by atoms with Crippen LogP contribution in [0.15, 0.2) is 24.3 Å². The number of hydrogen-bond acceptors (Lipinski definition) is 1. The van der Waals surface area contributed by atoms with E-state index in [1.165, 1.54) is 6.92 Å². The van der Waals surface area contributed by atoms with Gasteiger partial charge in [0.15, 0.2) is 0 Å². The van der Waals surface area contributed by atoms with Crippen LogP contribution in [0.4, 0.5) is 0 Å². The number of benzene rings is 1. The fraction of sp³-hybridized carbons (Fsp3) is 0.100. The molecule has 1 rings (SSSR count). The maximum Gasteiger partial charge on any atom is 0.0543 e. The summed E-state index contributed by atoms with van der Waals surface area (Å²) in [5.74, 6) is -0.0674. The first-order chi connectivity index (χ1) is 5.29. The van der Waals surface area contributed by atoms with Crippen molar-refractivity contribution >= 4 is 11.9 Å². The van der Waals surface area contributed by atoms with Crippen molar-refractivity contribution in [1.82, 2.24) is 0 Å². The van der Waals surface area contributed by atoms with Gasteiger partial charge >= 0.3 is 0 Å². The van der Waals surface area contributed by atoms with Crippen LogP contribution in [0.1, 0.15) is 12.5 Å². The van der Waals surface area contributed by atoms with Gasteiger partial charge in [0.1, 0.15) is 0 Å². The molecule has 0 atom stereocenters. The van der Waals surface area contributed by atoms with E-state index in [9.17, 15) is 4.79 Å². The minimum absolute atomic E-state index is 0. The van der Waals surface area contributed by atoms with Crippen LogP contribution < -0.4 is 0 Å². The van der Waals surface area contributed by atoms with Crippen LogP contribution in [-0.4, -0.2) is 5.78 Å². The zero-order valence-corrected chi connectivity index (χ0v) is 9.71. The molecule has 59 valence electrons. The van der Waals surface area contributed by atoms with Gasteiger partial charge in [-0.1, -0.05) is 0 Å². The fourth-order valence-corrected chi connectivity index (χ4v) is 0.676. The summed E-state index contributed by atoms with van der Waals surface area (Å²) in [4.78, 5) is 10.5. The Morgan fingerprint density at radius 3 is 2.83 bits per heavy atom. The average molecular weight is 233 g/mol. The second-order valence-electron chi connectivity index (χ2n) is 2.16. The van der Waals surface area contributed by atoms with Gasteiger partial charge in [0.05, 0.1) is 5.78 Å². The molecule has 0 saturated carbocycles. The monoisotopic (exact) mass is 233 g/mol. The summed E-state index contributed by atoms with van der Waals surface area (Å²) in [6.07, 6.45) is 4.19. The van der Waals surface area contributed by atoms with Crippen LogP contribution in [0.2, 0.25) is 0 Å². The Hall–Kier alpha value is -0.266. The first-order valence-corrected chi connectivity index (χ1v) is 3.36. The molecule has 1 radical (unpaired) electrons. The molecule has 0 aromatic heterocycles.